The second-order valence-corrected chi connectivity index (χ2v) is 10.4. The van der Waals surface area contributed by atoms with Crippen molar-refractivity contribution in [3.63, 3.8) is 0 Å². The Morgan fingerprint density at radius 2 is 2.00 bits per heavy atom. The molecular weight excluding hydrogens is 508 g/mol. The van der Waals surface area contributed by atoms with Crippen molar-refractivity contribution in [2.45, 2.75) is 31.3 Å². The molecule has 1 fully saturated rings. The highest BCUT2D eigenvalue weighted by atomic mass is 32.2. The van der Waals surface area contributed by atoms with Crippen molar-refractivity contribution in [2.75, 3.05) is 24.7 Å². The van der Waals surface area contributed by atoms with Crippen molar-refractivity contribution < 1.29 is 27.5 Å². The number of sulfone groups is 1. The molecule has 1 aliphatic rings. The molecule has 196 valence electrons. The molecule has 3 heterocycles. The lowest BCUT2D eigenvalue weighted by Crippen LogP contribution is -2.24. The van der Waals surface area contributed by atoms with Gasteiger partial charge in [0.15, 0.2) is 14.9 Å². The summed E-state index contributed by atoms with van der Waals surface area (Å²) in [5.41, 5.74) is 1.95. The van der Waals surface area contributed by atoms with Gasteiger partial charge < -0.3 is 14.4 Å². The summed E-state index contributed by atoms with van der Waals surface area (Å²) in [6.45, 7) is 2.73. The summed E-state index contributed by atoms with van der Waals surface area (Å²) in [5.74, 6) is 6.68. The van der Waals surface area contributed by atoms with Gasteiger partial charge >= 0.3 is 6.09 Å². The van der Waals surface area contributed by atoms with Gasteiger partial charge in [-0.1, -0.05) is 12.0 Å². The number of aromatic nitrogens is 2. The molecule has 1 saturated heterocycles. The zero-order valence-corrected chi connectivity index (χ0v) is 21.7. The molecule has 1 N–H and O–H groups in total. The van der Waals surface area contributed by atoms with Crippen molar-refractivity contribution in [2.24, 2.45) is 0 Å². The fraction of sp³-hybridized carbons (Fsp3) is 0.259. The molecule has 1 aromatic carbocycles. The number of carbonyl (C=O) groups excluding carboxylic acids is 2. The number of carbonyl (C=O) groups is 2. The van der Waals surface area contributed by atoms with Gasteiger partial charge in [0.05, 0.1) is 24.1 Å². The van der Waals surface area contributed by atoms with Crippen LogP contribution in [0.2, 0.25) is 0 Å². The zero-order valence-electron chi connectivity index (χ0n) is 20.9. The van der Waals surface area contributed by atoms with E-state index in [0.29, 0.717) is 47.0 Å². The van der Waals surface area contributed by atoms with Crippen molar-refractivity contribution in [3.05, 3.63) is 71.7 Å². The van der Waals surface area contributed by atoms with Crippen molar-refractivity contribution >= 4 is 27.5 Å². The lowest BCUT2D eigenvalue weighted by atomic mass is 10.1. The van der Waals surface area contributed by atoms with Crippen molar-refractivity contribution in [3.8, 4) is 23.3 Å². The average molecular weight is 535 g/mol. The maximum atomic E-state index is 12.4. The standard InChI is InChI=1S/C27H26N4O6S/c1-3-36-27(33)30-23-15-20(18-31-14-6-8-26(31)32)24(16-19(23)9-10-21-7-4-5-13-28-21)37-22-11-12-25(29-17-22)38(2,34)35/h4-5,7,11-13,15-17H,3,6,8,14,18H2,1-2H3,(H,30,33). The molecule has 2 aromatic heterocycles. The van der Waals surface area contributed by atoms with Crippen LogP contribution in [-0.4, -0.2) is 54.7 Å². The molecule has 0 aliphatic carbocycles. The molecule has 0 saturated carbocycles. The van der Waals surface area contributed by atoms with Gasteiger partial charge in [-0.05, 0) is 55.7 Å². The van der Waals surface area contributed by atoms with E-state index in [1.807, 2.05) is 6.07 Å². The molecule has 0 spiro atoms. The van der Waals surface area contributed by atoms with Gasteiger partial charge in [0.1, 0.15) is 17.2 Å². The van der Waals surface area contributed by atoms with Gasteiger partial charge in [-0.15, -0.1) is 0 Å². The third-order valence-corrected chi connectivity index (χ3v) is 6.55. The number of nitrogens with one attached hydrogen (secondary N) is 1. The number of likely N-dealkylation sites (tertiary alicyclic amines) is 1. The minimum atomic E-state index is -3.47. The predicted molar refractivity (Wildman–Crippen MR) is 139 cm³/mol. The maximum Gasteiger partial charge on any atom is 0.411 e. The van der Waals surface area contributed by atoms with E-state index >= 15 is 0 Å². The Morgan fingerprint density at radius 1 is 1.16 bits per heavy atom. The Morgan fingerprint density at radius 3 is 2.63 bits per heavy atom. The van der Waals surface area contributed by atoms with Crippen molar-refractivity contribution in [1.29, 1.82) is 0 Å². The fourth-order valence-electron chi connectivity index (χ4n) is 3.75. The number of hydrogen-bond donors (Lipinski definition) is 1. The van der Waals surface area contributed by atoms with Crippen LogP contribution < -0.4 is 10.1 Å². The van der Waals surface area contributed by atoms with Gasteiger partial charge in [-0.2, -0.15) is 0 Å². The molecular formula is C27H26N4O6S. The average Bonchev–Trinajstić information content (AvgIpc) is 3.29. The smallest absolute Gasteiger partial charge is 0.411 e. The molecule has 1 aliphatic heterocycles. The van der Waals surface area contributed by atoms with Crippen LogP contribution in [0.15, 0.2) is 59.9 Å². The molecule has 11 heteroatoms. The summed E-state index contributed by atoms with van der Waals surface area (Å²) >= 11 is 0. The van der Waals surface area contributed by atoms with Gasteiger partial charge in [0, 0.05) is 37.5 Å². The lowest BCUT2D eigenvalue weighted by molar-refractivity contribution is -0.128. The number of pyridine rings is 2. The first-order chi connectivity index (χ1) is 18.2. The number of hydrogen-bond acceptors (Lipinski definition) is 8. The molecule has 3 aromatic rings. The summed E-state index contributed by atoms with van der Waals surface area (Å²) in [7, 11) is -3.47. The Hall–Kier alpha value is -4.43. The fourth-order valence-corrected chi connectivity index (χ4v) is 4.30. The third-order valence-electron chi connectivity index (χ3n) is 5.55. The number of amides is 2. The highest BCUT2D eigenvalue weighted by Gasteiger charge is 2.23. The number of ether oxygens (including phenoxy) is 2. The van der Waals surface area contributed by atoms with Crippen LogP contribution in [0.4, 0.5) is 10.5 Å². The summed E-state index contributed by atoms with van der Waals surface area (Å²) in [6.07, 6.45) is 4.58. The summed E-state index contributed by atoms with van der Waals surface area (Å²) in [4.78, 5) is 34.5. The van der Waals surface area contributed by atoms with E-state index in [4.69, 9.17) is 9.47 Å². The summed E-state index contributed by atoms with van der Waals surface area (Å²) < 4.78 is 34.7. The molecule has 0 atom stereocenters. The van der Waals surface area contributed by atoms with Crippen LogP contribution in [0.5, 0.6) is 11.5 Å². The highest BCUT2D eigenvalue weighted by Crippen LogP contribution is 2.33. The Bertz CT molecular complexity index is 1500. The van der Waals surface area contributed by atoms with E-state index in [-0.39, 0.29) is 24.1 Å². The Kier molecular flexibility index (Phi) is 8.23. The van der Waals surface area contributed by atoms with Crippen LogP contribution in [0, 0.1) is 11.8 Å². The molecule has 38 heavy (non-hydrogen) atoms. The van der Waals surface area contributed by atoms with Crippen LogP contribution in [0.1, 0.15) is 36.6 Å². The van der Waals surface area contributed by atoms with E-state index in [1.165, 1.54) is 18.3 Å². The molecule has 0 bridgehead atoms. The summed E-state index contributed by atoms with van der Waals surface area (Å²) in [6, 6.07) is 11.5. The summed E-state index contributed by atoms with van der Waals surface area (Å²) in [5, 5.41) is 2.64. The largest absolute Gasteiger partial charge is 0.455 e. The van der Waals surface area contributed by atoms with E-state index in [9.17, 15) is 18.0 Å². The number of anilines is 1. The molecule has 4 rings (SSSR count). The Labute approximate surface area is 220 Å². The van der Waals surface area contributed by atoms with Gasteiger partial charge in [0.2, 0.25) is 5.91 Å². The Balaban J connectivity index is 1.77. The predicted octanol–water partition coefficient (Wildman–Crippen LogP) is 3.76. The zero-order chi connectivity index (χ0) is 27.1. The van der Waals surface area contributed by atoms with Crippen LogP contribution in [0.3, 0.4) is 0 Å². The number of rotatable bonds is 7. The monoisotopic (exact) mass is 534 g/mol. The van der Waals surface area contributed by atoms with E-state index in [0.717, 1.165) is 12.7 Å². The second-order valence-electron chi connectivity index (χ2n) is 8.44. The quantitative estimate of drug-likeness (QED) is 0.454. The normalized spacial score (nSPS) is 13.0. The maximum absolute atomic E-state index is 12.4. The molecule has 2 amide bonds. The number of benzene rings is 1. The van der Waals surface area contributed by atoms with Crippen LogP contribution in [-0.2, 0) is 25.9 Å². The van der Waals surface area contributed by atoms with E-state index in [2.05, 4.69) is 27.1 Å². The topological polar surface area (TPSA) is 128 Å². The molecule has 0 unspecified atom stereocenters. The van der Waals surface area contributed by atoms with Gasteiger partial charge in [-0.3, -0.25) is 10.1 Å². The highest BCUT2D eigenvalue weighted by molar-refractivity contribution is 7.90. The van der Waals surface area contributed by atoms with Gasteiger partial charge in [0.25, 0.3) is 0 Å². The van der Waals surface area contributed by atoms with Gasteiger partial charge in [-0.25, -0.2) is 23.2 Å². The minimum absolute atomic E-state index is 0.0223. The first-order valence-electron chi connectivity index (χ1n) is 11.9. The van der Waals surface area contributed by atoms with Crippen LogP contribution in [0.25, 0.3) is 0 Å². The SMILES string of the molecule is CCOC(=O)Nc1cc(CN2CCCC2=O)c(Oc2ccc(S(C)(=O)=O)nc2)cc1C#Cc1ccccn1. The first kappa shape index (κ1) is 26.6. The number of nitrogens with zero attached hydrogens (tertiary/aromatic N) is 3. The van der Waals surface area contributed by atoms with E-state index in [1.54, 1.807) is 42.3 Å². The molecule has 0 radical (unpaired) electrons. The van der Waals surface area contributed by atoms with Crippen LogP contribution >= 0.6 is 0 Å². The van der Waals surface area contributed by atoms with E-state index < -0.39 is 15.9 Å². The third kappa shape index (κ3) is 6.86. The lowest BCUT2D eigenvalue weighted by Gasteiger charge is -2.20. The van der Waals surface area contributed by atoms with Crippen molar-refractivity contribution in [1.82, 2.24) is 14.9 Å². The minimum Gasteiger partial charge on any atom is -0.455 e. The molecule has 10 nitrogen and oxygen atoms in total. The second kappa shape index (κ2) is 11.7. The first-order valence-corrected chi connectivity index (χ1v) is 13.8.